The van der Waals surface area contributed by atoms with Crippen LogP contribution in [0.4, 0.5) is 0 Å². The highest BCUT2D eigenvalue weighted by Gasteiger charge is 2.13. The lowest BCUT2D eigenvalue weighted by Crippen LogP contribution is -2.13. The molecular weight excluding hydrogens is 320 g/mol. The van der Waals surface area contributed by atoms with Crippen molar-refractivity contribution >= 4 is 22.5 Å². The van der Waals surface area contributed by atoms with E-state index in [0.717, 1.165) is 28.3 Å². The first kappa shape index (κ1) is 14.8. The lowest BCUT2D eigenvalue weighted by molar-refractivity contribution is 0.788. The third-order valence-electron chi connectivity index (χ3n) is 4.08. The van der Waals surface area contributed by atoms with Gasteiger partial charge in [0.15, 0.2) is 11.1 Å². The third kappa shape index (κ3) is 2.43. The topological polar surface area (TPSA) is 83.2 Å². The zero-order chi connectivity index (χ0) is 16.7. The Bertz CT molecular complexity index is 1090. The molecule has 0 fully saturated rings. The molecule has 3 aromatic heterocycles. The molecule has 4 rings (SSSR count). The molecule has 120 valence electrons. The van der Waals surface area contributed by atoms with Gasteiger partial charge in [0.25, 0.3) is 0 Å². The summed E-state index contributed by atoms with van der Waals surface area (Å²) in [5.41, 5.74) is 6.63. The van der Waals surface area contributed by atoms with Crippen LogP contribution in [0.3, 0.4) is 0 Å². The molecule has 7 heteroatoms. The van der Waals surface area contributed by atoms with Crippen molar-refractivity contribution in [3.63, 3.8) is 0 Å². The molecule has 0 amide bonds. The number of imidazole rings is 1. The Kier molecular flexibility index (Phi) is 3.50. The molecule has 24 heavy (non-hydrogen) atoms. The fourth-order valence-corrected chi connectivity index (χ4v) is 3.47. The number of H-pyrrole nitrogens is 1. The molecule has 3 heterocycles. The summed E-state index contributed by atoms with van der Waals surface area (Å²) in [5.74, 6) is 0.763. The normalized spacial score (nSPS) is 11.2. The molecule has 0 spiro atoms. The Hall–Kier alpha value is -2.80. The van der Waals surface area contributed by atoms with Gasteiger partial charge in [-0.25, -0.2) is 15.0 Å². The predicted molar refractivity (Wildman–Crippen MR) is 93.9 cm³/mol. The monoisotopic (exact) mass is 336 g/mol. The predicted octanol–water partition coefficient (Wildman–Crippen LogP) is 3.03. The highest BCUT2D eigenvalue weighted by atomic mass is 32.1. The number of aromatic nitrogens is 5. The van der Waals surface area contributed by atoms with Crippen molar-refractivity contribution in [3.05, 3.63) is 57.7 Å². The van der Waals surface area contributed by atoms with Gasteiger partial charge in [-0.2, -0.15) is 0 Å². The van der Waals surface area contributed by atoms with Crippen molar-refractivity contribution in [2.45, 2.75) is 20.4 Å². The smallest absolute Gasteiger partial charge is 0.173 e. The zero-order valence-electron chi connectivity index (χ0n) is 13.4. The van der Waals surface area contributed by atoms with Crippen LogP contribution in [0.1, 0.15) is 16.1 Å². The zero-order valence-corrected chi connectivity index (χ0v) is 14.2. The minimum atomic E-state index is 0.203. The van der Waals surface area contributed by atoms with E-state index in [2.05, 4.69) is 27.9 Å². The van der Waals surface area contributed by atoms with Gasteiger partial charge in [0.2, 0.25) is 0 Å². The quantitative estimate of drug-likeness (QED) is 0.603. The highest BCUT2D eigenvalue weighted by Crippen LogP contribution is 2.23. The fraction of sp³-hybridized carbons (Fsp3) is 0.176. The van der Waals surface area contributed by atoms with Crippen LogP contribution in [0, 0.1) is 19.3 Å². The van der Waals surface area contributed by atoms with Gasteiger partial charge in [-0.15, -0.1) is 11.3 Å². The van der Waals surface area contributed by atoms with Crippen LogP contribution in [0.25, 0.3) is 22.6 Å². The summed E-state index contributed by atoms with van der Waals surface area (Å²) in [6, 6.07) is 8.08. The van der Waals surface area contributed by atoms with Crippen molar-refractivity contribution < 1.29 is 0 Å². The second-order valence-electron chi connectivity index (χ2n) is 5.68. The van der Waals surface area contributed by atoms with Gasteiger partial charge in [0, 0.05) is 10.4 Å². The van der Waals surface area contributed by atoms with Crippen molar-refractivity contribution in [2.75, 3.05) is 0 Å². The van der Waals surface area contributed by atoms with Crippen LogP contribution >= 0.6 is 11.3 Å². The van der Waals surface area contributed by atoms with E-state index in [-0.39, 0.29) is 5.49 Å². The van der Waals surface area contributed by atoms with E-state index in [1.807, 2.05) is 35.2 Å². The summed E-state index contributed by atoms with van der Waals surface area (Å²) in [7, 11) is 0. The fourth-order valence-electron chi connectivity index (χ4n) is 2.70. The number of hydrogen-bond acceptors (Lipinski definition) is 5. The first-order valence-corrected chi connectivity index (χ1v) is 8.46. The largest absolute Gasteiger partial charge is 0.334 e. The lowest BCUT2D eigenvalue weighted by Gasteiger charge is -2.05. The van der Waals surface area contributed by atoms with E-state index in [9.17, 15) is 0 Å². The second kappa shape index (κ2) is 5.68. The Morgan fingerprint density at radius 1 is 1.21 bits per heavy atom. The van der Waals surface area contributed by atoms with Crippen LogP contribution < -0.4 is 5.49 Å². The van der Waals surface area contributed by atoms with Gasteiger partial charge >= 0.3 is 0 Å². The SMILES string of the molecule is Cc1ccccc1-c1nc2c([nH]1)c(=N)ncn2Cc1scnc1C. The number of rotatable bonds is 3. The molecular formula is C17H16N6S. The van der Waals surface area contributed by atoms with Gasteiger partial charge in [-0.05, 0) is 19.4 Å². The summed E-state index contributed by atoms with van der Waals surface area (Å²) in [5, 5.41) is 8.08. The van der Waals surface area contributed by atoms with Crippen molar-refractivity contribution in [2.24, 2.45) is 0 Å². The third-order valence-corrected chi connectivity index (χ3v) is 5.00. The summed E-state index contributed by atoms with van der Waals surface area (Å²) >= 11 is 1.62. The van der Waals surface area contributed by atoms with E-state index in [0.29, 0.717) is 12.1 Å². The average molecular weight is 336 g/mol. The Labute approximate surface area is 142 Å². The second-order valence-corrected chi connectivity index (χ2v) is 6.62. The number of benzene rings is 1. The van der Waals surface area contributed by atoms with Gasteiger partial charge in [0.1, 0.15) is 11.3 Å². The number of aryl methyl sites for hydroxylation is 2. The van der Waals surface area contributed by atoms with Gasteiger partial charge in [-0.1, -0.05) is 24.3 Å². The maximum atomic E-state index is 8.08. The number of hydrogen-bond donors (Lipinski definition) is 2. The molecule has 2 N–H and O–H groups in total. The Balaban J connectivity index is 1.88. The highest BCUT2D eigenvalue weighted by molar-refractivity contribution is 7.09. The molecule has 0 aliphatic carbocycles. The van der Waals surface area contributed by atoms with Crippen molar-refractivity contribution in [1.82, 2.24) is 24.5 Å². The van der Waals surface area contributed by atoms with Gasteiger partial charge in [0.05, 0.1) is 24.1 Å². The van der Waals surface area contributed by atoms with E-state index >= 15 is 0 Å². The molecule has 0 saturated carbocycles. The minimum absolute atomic E-state index is 0.203. The standard InChI is InChI=1S/C17H16N6S/c1-10-5-3-4-6-12(10)16-21-14-15(18)19-8-23(17(14)22-16)7-13-11(2)20-9-24-13/h3-6,8-9,18H,7H2,1-2H3,(H,21,22). The molecule has 0 bridgehead atoms. The van der Waals surface area contributed by atoms with Crippen LogP contribution in [-0.2, 0) is 6.54 Å². The number of thiazole rings is 1. The summed E-state index contributed by atoms with van der Waals surface area (Å²) in [4.78, 5) is 17.7. The first-order chi connectivity index (χ1) is 11.6. The molecule has 0 aliphatic heterocycles. The molecule has 0 saturated heterocycles. The molecule has 1 aromatic carbocycles. The Morgan fingerprint density at radius 2 is 2.04 bits per heavy atom. The summed E-state index contributed by atoms with van der Waals surface area (Å²) < 4.78 is 1.96. The lowest BCUT2D eigenvalue weighted by atomic mass is 10.1. The summed E-state index contributed by atoms with van der Waals surface area (Å²) in [6.07, 6.45) is 1.67. The molecule has 0 radical (unpaired) electrons. The van der Waals surface area contributed by atoms with Crippen molar-refractivity contribution in [3.8, 4) is 11.4 Å². The van der Waals surface area contributed by atoms with Crippen LogP contribution in [0.15, 0.2) is 36.1 Å². The average Bonchev–Trinajstić information content (AvgIpc) is 3.18. The first-order valence-electron chi connectivity index (χ1n) is 7.58. The van der Waals surface area contributed by atoms with E-state index in [1.54, 1.807) is 17.7 Å². The number of aromatic amines is 1. The maximum Gasteiger partial charge on any atom is 0.173 e. The maximum absolute atomic E-state index is 8.08. The molecule has 4 aromatic rings. The summed E-state index contributed by atoms with van der Waals surface area (Å²) in [6.45, 7) is 4.70. The molecule has 0 unspecified atom stereocenters. The molecule has 0 atom stereocenters. The van der Waals surface area contributed by atoms with E-state index in [1.165, 1.54) is 4.88 Å². The van der Waals surface area contributed by atoms with Gasteiger partial charge in [-0.3, -0.25) is 5.41 Å². The van der Waals surface area contributed by atoms with Gasteiger partial charge < -0.3 is 9.55 Å². The van der Waals surface area contributed by atoms with Crippen LogP contribution in [0.5, 0.6) is 0 Å². The minimum Gasteiger partial charge on any atom is -0.334 e. The Morgan fingerprint density at radius 3 is 2.79 bits per heavy atom. The van der Waals surface area contributed by atoms with E-state index < -0.39 is 0 Å². The molecule has 0 aliphatic rings. The number of nitrogens with zero attached hydrogens (tertiary/aromatic N) is 4. The number of fused-ring (bicyclic) bond motifs is 1. The van der Waals surface area contributed by atoms with E-state index in [4.69, 9.17) is 10.4 Å². The number of nitrogens with one attached hydrogen (secondary N) is 2. The van der Waals surface area contributed by atoms with Crippen LogP contribution in [0.2, 0.25) is 0 Å². The van der Waals surface area contributed by atoms with Crippen LogP contribution in [-0.4, -0.2) is 24.5 Å². The van der Waals surface area contributed by atoms with Crippen molar-refractivity contribution in [1.29, 1.82) is 5.41 Å². The molecule has 6 nitrogen and oxygen atoms in total.